The van der Waals surface area contributed by atoms with Gasteiger partial charge in [-0.1, -0.05) is 25.0 Å². The molecule has 128 valence electrons. The third kappa shape index (κ3) is 3.06. The quantitative estimate of drug-likeness (QED) is 0.646. The van der Waals surface area contributed by atoms with Crippen molar-refractivity contribution in [3.8, 4) is 0 Å². The first kappa shape index (κ1) is 16.3. The minimum Gasteiger partial charge on any atom is -0.307 e. The molecule has 0 bridgehead atoms. The Morgan fingerprint density at radius 3 is 2.72 bits per heavy atom. The van der Waals surface area contributed by atoms with Crippen molar-refractivity contribution < 1.29 is 9.18 Å². The summed E-state index contributed by atoms with van der Waals surface area (Å²) in [5.74, 6) is -0.141. The van der Waals surface area contributed by atoms with E-state index >= 15 is 0 Å². The number of hydrogen-bond donors (Lipinski definition) is 1. The number of imidazole rings is 1. The zero-order valence-corrected chi connectivity index (χ0v) is 15.1. The lowest BCUT2D eigenvalue weighted by atomic mass is 10.2. The van der Waals surface area contributed by atoms with Crippen LogP contribution in [0.3, 0.4) is 0 Å². The van der Waals surface area contributed by atoms with Gasteiger partial charge < -0.3 is 4.57 Å². The Kier molecular flexibility index (Phi) is 4.29. The standard InChI is InChI=1S/C19H17BrFN3O/c20-15-11-12(21)9-10-14(15)18(25)23-19-22-16-7-3-4-8-17(16)24(19)13-5-1-2-6-13/h3-4,7-11,13H,1-2,5-6H2,(H,22,23,25). The molecule has 0 radical (unpaired) electrons. The van der Waals surface area contributed by atoms with Crippen LogP contribution in [0.25, 0.3) is 11.0 Å². The van der Waals surface area contributed by atoms with E-state index < -0.39 is 0 Å². The summed E-state index contributed by atoms with van der Waals surface area (Å²) in [4.78, 5) is 17.3. The maximum absolute atomic E-state index is 13.3. The molecule has 25 heavy (non-hydrogen) atoms. The number of carbonyl (C=O) groups is 1. The molecule has 1 aliphatic carbocycles. The van der Waals surface area contributed by atoms with Crippen molar-refractivity contribution in [1.29, 1.82) is 0 Å². The van der Waals surface area contributed by atoms with Gasteiger partial charge in [-0.2, -0.15) is 0 Å². The van der Waals surface area contributed by atoms with Gasteiger partial charge in [0.1, 0.15) is 5.82 Å². The summed E-state index contributed by atoms with van der Waals surface area (Å²) in [6, 6.07) is 12.3. The second-order valence-corrected chi connectivity index (χ2v) is 7.17. The topological polar surface area (TPSA) is 46.9 Å². The maximum atomic E-state index is 13.3. The number of benzene rings is 2. The van der Waals surface area contributed by atoms with Crippen molar-refractivity contribution in [2.24, 2.45) is 0 Å². The molecule has 0 spiro atoms. The van der Waals surface area contributed by atoms with E-state index in [2.05, 4.69) is 30.8 Å². The monoisotopic (exact) mass is 401 g/mol. The Bertz CT molecular complexity index is 947. The number of amides is 1. The largest absolute Gasteiger partial charge is 0.307 e. The number of carbonyl (C=O) groups excluding carboxylic acids is 1. The number of hydrogen-bond acceptors (Lipinski definition) is 2. The maximum Gasteiger partial charge on any atom is 0.259 e. The number of rotatable bonds is 3. The van der Waals surface area contributed by atoms with E-state index in [1.807, 2.05) is 24.3 Å². The van der Waals surface area contributed by atoms with Crippen LogP contribution in [0.4, 0.5) is 10.3 Å². The molecular weight excluding hydrogens is 385 g/mol. The van der Waals surface area contributed by atoms with Crippen molar-refractivity contribution in [2.75, 3.05) is 5.32 Å². The van der Waals surface area contributed by atoms with Crippen molar-refractivity contribution in [3.63, 3.8) is 0 Å². The summed E-state index contributed by atoms with van der Waals surface area (Å²) in [5, 5.41) is 2.91. The van der Waals surface area contributed by atoms with E-state index in [0.29, 0.717) is 22.0 Å². The summed E-state index contributed by atoms with van der Waals surface area (Å²) in [7, 11) is 0. The van der Waals surface area contributed by atoms with Crippen molar-refractivity contribution in [1.82, 2.24) is 9.55 Å². The van der Waals surface area contributed by atoms with Crippen molar-refractivity contribution >= 4 is 38.8 Å². The molecule has 0 unspecified atom stereocenters. The predicted molar refractivity (Wildman–Crippen MR) is 99.3 cm³/mol. The summed E-state index contributed by atoms with van der Waals surface area (Å²) in [5.41, 5.74) is 2.28. The van der Waals surface area contributed by atoms with E-state index in [0.717, 1.165) is 23.9 Å². The van der Waals surface area contributed by atoms with Crippen LogP contribution in [-0.2, 0) is 0 Å². The van der Waals surface area contributed by atoms with Gasteiger partial charge in [0.05, 0.1) is 16.6 Å². The van der Waals surface area contributed by atoms with Crippen LogP contribution in [-0.4, -0.2) is 15.5 Å². The van der Waals surface area contributed by atoms with Gasteiger partial charge in [-0.25, -0.2) is 9.37 Å². The lowest BCUT2D eigenvalue weighted by Crippen LogP contribution is -2.18. The zero-order valence-electron chi connectivity index (χ0n) is 13.5. The molecule has 2 aromatic carbocycles. The second kappa shape index (κ2) is 6.59. The van der Waals surface area contributed by atoms with Gasteiger partial charge in [-0.3, -0.25) is 10.1 Å². The molecule has 0 atom stereocenters. The highest BCUT2D eigenvalue weighted by Gasteiger charge is 2.24. The van der Waals surface area contributed by atoms with Crippen LogP contribution < -0.4 is 5.32 Å². The highest BCUT2D eigenvalue weighted by Crippen LogP contribution is 2.35. The number of para-hydroxylation sites is 2. The average Bonchev–Trinajstić information content (AvgIpc) is 3.21. The number of nitrogens with zero attached hydrogens (tertiary/aromatic N) is 2. The molecule has 1 amide bonds. The van der Waals surface area contributed by atoms with E-state index in [9.17, 15) is 9.18 Å². The Balaban J connectivity index is 1.73. The van der Waals surface area contributed by atoms with Gasteiger partial charge in [-0.05, 0) is 59.1 Å². The van der Waals surface area contributed by atoms with E-state index in [4.69, 9.17) is 0 Å². The van der Waals surface area contributed by atoms with Gasteiger partial charge >= 0.3 is 0 Å². The predicted octanol–water partition coefficient (Wildman–Crippen LogP) is 5.31. The van der Waals surface area contributed by atoms with Crippen molar-refractivity contribution in [2.45, 2.75) is 31.7 Å². The molecule has 1 saturated carbocycles. The van der Waals surface area contributed by atoms with E-state index in [-0.39, 0.29) is 11.7 Å². The third-order valence-corrected chi connectivity index (χ3v) is 5.34. The van der Waals surface area contributed by atoms with Crippen LogP contribution in [0.15, 0.2) is 46.9 Å². The molecule has 1 N–H and O–H groups in total. The molecule has 1 heterocycles. The first-order valence-electron chi connectivity index (χ1n) is 8.37. The highest BCUT2D eigenvalue weighted by molar-refractivity contribution is 9.10. The summed E-state index contributed by atoms with van der Waals surface area (Å²) in [6.45, 7) is 0. The van der Waals surface area contributed by atoms with Gasteiger partial charge in [-0.15, -0.1) is 0 Å². The molecule has 0 aliphatic heterocycles. The summed E-state index contributed by atoms with van der Waals surface area (Å²) in [6.07, 6.45) is 4.55. The first-order valence-corrected chi connectivity index (χ1v) is 9.16. The highest BCUT2D eigenvalue weighted by atomic mass is 79.9. The molecule has 3 aromatic rings. The molecule has 1 aliphatic rings. The number of nitrogens with one attached hydrogen (secondary N) is 1. The van der Waals surface area contributed by atoms with Gasteiger partial charge in [0.15, 0.2) is 0 Å². The zero-order chi connectivity index (χ0) is 17.4. The lowest BCUT2D eigenvalue weighted by Gasteiger charge is -2.16. The van der Waals surface area contributed by atoms with Gasteiger partial charge in [0.2, 0.25) is 5.95 Å². The van der Waals surface area contributed by atoms with Crippen LogP contribution in [0.5, 0.6) is 0 Å². The molecule has 4 rings (SSSR count). The Labute approximate surface area is 153 Å². The van der Waals surface area contributed by atoms with Gasteiger partial charge in [0, 0.05) is 10.5 Å². The first-order chi connectivity index (χ1) is 12.1. The summed E-state index contributed by atoms with van der Waals surface area (Å²) < 4.78 is 15.8. The Morgan fingerprint density at radius 2 is 1.96 bits per heavy atom. The fraction of sp³-hybridized carbons (Fsp3) is 0.263. The molecule has 0 saturated heterocycles. The molecule has 1 fully saturated rings. The number of halogens is 2. The fourth-order valence-corrected chi connectivity index (χ4v) is 4.04. The van der Waals surface area contributed by atoms with Crippen LogP contribution in [0.2, 0.25) is 0 Å². The smallest absolute Gasteiger partial charge is 0.259 e. The second-order valence-electron chi connectivity index (χ2n) is 6.31. The normalized spacial score (nSPS) is 15.0. The van der Waals surface area contributed by atoms with Gasteiger partial charge in [0.25, 0.3) is 5.91 Å². The molecule has 6 heteroatoms. The van der Waals surface area contributed by atoms with E-state index in [1.54, 1.807) is 0 Å². The fourth-order valence-electron chi connectivity index (χ4n) is 3.51. The van der Waals surface area contributed by atoms with Crippen LogP contribution >= 0.6 is 15.9 Å². The average molecular weight is 402 g/mol. The molecule has 1 aromatic heterocycles. The minimum absolute atomic E-state index is 0.304. The van der Waals surface area contributed by atoms with Crippen LogP contribution in [0, 0.1) is 5.82 Å². The molecular formula is C19H17BrFN3O. The van der Waals surface area contributed by atoms with Crippen molar-refractivity contribution in [3.05, 3.63) is 58.3 Å². The van der Waals surface area contributed by atoms with Crippen LogP contribution in [0.1, 0.15) is 42.1 Å². The summed E-state index contributed by atoms with van der Waals surface area (Å²) >= 11 is 3.25. The Hall–Kier alpha value is -2.21. The molecule has 4 nitrogen and oxygen atoms in total. The SMILES string of the molecule is O=C(Nc1nc2ccccc2n1C1CCCC1)c1ccc(F)cc1Br. The number of aromatic nitrogens is 2. The number of fused-ring (bicyclic) bond motifs is 1. The third-order valence-electron chi connectivity index (χ3n) is 4.69. The Morgan fingerprint density at radius 1 is 1.20 bits per heavy atom. The lowest BCUT2D eigenvalue weighted by molar-refractivity contribution is 0.102. The van der Waals surface area contributed by atoms with E-state index in [1.165, 1.54) is 31.0 Å². The number of anilines is 1. The minimum atomic E-state index is -0.387.